The molecule has 1 aromatic rings. The van der Waals surface area contributed by atoms with Gasteiger partial charge in [0.2, 0.25) is 0 Å². The molecule has 16 heavy (non-hydrogen) atoms. The third kappa shape index (κ3) is 1.94. The number of halogens is 1. The SMILES string of the molecule is Brc1cc(NC2CCN3CCCC23)ncn1. The molecule has 2 atom stereocenters. The van der Waals surface area contributed by atoms with Crippen LogP contribution in [0.2, 0.25) is 0 Å². The van der Waals surface area contributed by atoms with Gasteiger partial charge in [-0.25, -0.2) is 9.97 Å². The van der Waals surface area contributed by atoms with Gasteiger partial charge in [0.05, 0.1) is 0 Å². The lowest BCUT2D eigenvalue weighted by molar-refractivity contribution is 0.318. The Morgan fingerprint density at radius 3 is 3.12 bits per heavy atom. The third-order valence-corrected chi connectivity index (χ3v) is 4.01. The average molecular weight is 283 g/mol. The van der Waals surface area contributed by atoms with Gasteiger partial charge < -0.3 is 5.32 Å². The summed E-state index contributed by atoms with van der Waals surface area (Å²) in [6.45, 7) is 2.50. The highest BCUT2D eigenvalue weighted by molar-refractivity contribution is 9.10. The summed E-state index contributed by atoms with van der Waals surface area (Å²) in [4.78, 5) is 10.9. The third-order valence-electron chi connectivity index (χ3n) is 3.57. The molecule has 3 heterocycles. The molecular formula is C11H15BrN4. The van der Waals surface area contributed by atoms with Crippen molar-refractivity contribution < 1.29 is 0 Å². The van der Waals surface area contributed by atoms with E-state index in [4.69, 9.17) is 0 Å². The smallest absolute Gasteiger partial charge is 0.130 e. The van der Waals surface area contributed by atoms with Gasteiger partial charge in [-0.05, 0) is 41.7 Å². The molecule has 2 fully saturated rings. The molecule has 86 valence electrons. The minimum Gasteiger partial charge on any atom is -0.366 e. The normalized spacial score (nSPS) is 29.3. The Bertz CT molecular complexity index is 384. The van der Waals surface area contributed by atoms with Crippen molar-refractivity contribution in [2.45, 2.75) is 31.3 Å². The van der Waals surface area contributed by atoms with Gasteiger partial charge in [-0.2, -0.15) is 0 Å². The fraction of sp³-hybridized carbons (Fsp3) is 0.636. The maximum atomic E-state index is 4.25. The molecule has 2 unspecified atom stereocenters. The molecule has 0 saturated carbocycles. The average Bonchev–Trinajstić information content (AvgIpc) is 2.83. The summed E-state index contributed by atoms with van der Waals surface area (Å²) in [7, 11) is 0. The Labute approximate surface area is 104 Å². The molecule has 2 aliphatic rings. The summed E-state index contributed by atoms with van der Waals surface area (Å²) in [5.74, 6) is 0.931. The van der Waals surface area contributed by atoms with Crippen molar-refractivity contribution in [1.82, 2.24) is 14.9 Å². The first-order chi connectivity index (χ1) is 7.83. The molecule has 3 rings (SSSR count). The van der Waals surface area contributed by atoms with Crippen molar-refractivity contribution in [3.05, 3.63) is 17.0 Å². The van der Waals surface area contributed by atoms with E-state index in [-0.39, 0.29) is 0 Å². The highest BCUT2D eigenvalue weighted by atomic mass is 79.9. The minimum atomic E-state index is 0.560. The highest BCUT2D eigenvalue weighted by Crippen LogP contribution is 2.29. The Kier molecular flexibility index (Phi) is 2.81. The molecule has 1 N–H and O–H groups in total. The number of anilines is 1. The molecule has 0 aliphatic carbocycles. The number of nitrogens with one attached hydrogen (secondary N) is 1. The van der Waals surface area contributed by atoms with Gasteiger partial charge in [0, 0.05) is 24.7 Å². The van der Waals surface area contributed by atoms with E-state index in [9.17, 15) is 0 Å². The van der Waals surface area contributed by atoms with Gasteiger partial charge in [0.25, 0.3) is 0 Å². The number of aromatic nitrogens is 2. The highest BCUT2D eigenvalue weighted by Gasteiger charge is 2.37. The van der Waals surface area contributed by atoms with E-state index < -0.39 is 0 Å². The Balaban J connectivity index is 1.71. The van der Waals surface area contributed by atoms with Gasteiger partial charge in [0.1, 0.15) is 16.7 Å². The van der Waals surface area contributed by atoms with Crippen LogP contribution in [-0.2, 0) is 0 Å². The summed E-state index contributed by atoms with van der Waals surface area (Å²) in [5.41, 5.74) is 0. The monoisotopic (exact) mass is 282 g/mol. The zero-order valence-corrected chi connectivity index (χ0v) is 10.7. The predicted molar refractivity (Wildman–Crippen MR) is 66.4 cm³/mol. The van der Waals surface area contributed by atoms with E-state index in [0.717, 1.165) is 10.4 Å². The van der Waals surface area contributed by atoms with Crippen molar-refractivity contribution in [1.29, 1.82) is 0 Å². The lowest BCUT2D eigenvalue weighted by atomic mass is 10.1. The maximum absolute atomic E-state index is 4.25. The summed E-state index contributed by atoms with van der Waals surface area (Å²) in [6.07, 6.45) is 5.49. The first-order valence-corrected chi connectivity index (χ1v) is 6.60. The van der Waals surface area contributed by atoms with Crippen LogP contribution in [0.1, 0.15) is 19.3 Å². The van der Waals surface area contributed by atoms with Crippen LogP contribution in [0.25, 0.3) is 0 Å². The molecule has 4 nitrogen and oxygen atoms in total. The topological polar surface area (TPSA) is 41.0 Å². The van der Waals surface area contributed by atoms with Crippen molar-refractivity contribution in [2.75, 3.05) is 18.4 Å². The fourth-order valence-corrected chi connectivity index (χ4v) is 3.16. The van der Waals surface area contributed by atoms with E-state index in [1.807, 2.05) is 6.07 Å². The van der Waals surface area contributed by atoms with E-state index in [2.05, 4.69) is 36.1 Å². The molecule has 2 saturated heterocycles. The molecule has 1 aromatic heterocycles. The molecular weight excluding hydrogens is 268 g/mol. The molecule has 0 aromatic carbocycles. The fourth-order valence-electron chi connectivity index (χ4n) is 2.85. The number of hydrogen-bond acceptors (Lipinski definition) is 4. The van der Waals surface area contributed by atoms with Gasteiger partial charge in [-0.15, -0.1) is 0 Å². The predicted octanol–water partition coefficient (Wildman–Crippen LogP) is 1.89. The van der Waals surface area contributed by atoms with Crippen LogP contribution in [0.15, 0.2) is 17.0 Å². The van der Waals surface area contributed by atoms with Crippen LogP contribution in [0.5, 0.6) is 0 Å². The summed E-state index contributed by atoms with van der Waals surface area (Å²) >= 11 is 3.37. The second-order valence-corrected chi connectivity index (χ2v) is 5.32. The first kappa shape index (κ1) is 10.5. The van der Waals surface area contributed by atoms with Crippen LogP contribution in [0, 0.1) is 0 Å². The second-order valence-electron chi connectivity index (χ2n) is 4.51. The Hall–Kier alpha value is -0.680. The standard InChI is InChI=1S/C11H15BrN4/c12-10-6-11(14-7-13-10)15-8-3-5-16-4-1-2-9(8)16/h6-9H,1-5H2,(H,13,14,15). The number of hydrogen-bond donors (Lipinski definition) is 1. The molecule has 2 aliphatic heterocycles. The van der Waals surface area contributed by atoms with Crippen LogP contribution >= 0.6 is 15.9 Å². The maximum Gasteiger partial charge on any atom is 0.130 e. The Morgan fingerprint density at radius 2 is 2.25 bits per heavy atom. The Morgan fingerprint density at radius 1 is 1.31 bits per heavy atom. The summed E-state index contributed by atoms with van der Waals surface area (Å²) < 4.78 is 0.839. The van der Waals surface area contributed by atoms with Crippen LogP contribution in [0.4, 0.5) is 5.82 Å². The van der Waals surface area contributed by atoms with Crippen molar-refractivity contribution in [3.8, 4) is 0 Å². The van der Waals surface area contributed by atoms with E-state index in [1.54, 1.807) is 6.33 Å². The van der Waals surface area contributed by atoms with E-state index >= 15 is 0 Å². The first-order valence-electron chi connectivity index (χ1n) is 5.81. The van der Waals surface area contributed by atoms with Gasteiger partial charge in [-0.1, -0.05) is 0 Å². The minimum absolute atomic E-state index is 0.560. The lowest BCUT2D eigenvalue weighted by Gasteiger charge is -2.21. The number of fused-ring (bicyclic) bond motifs is 1. The lowest BCUT2D eigenvalue weighted by Crippen LogP contribution is -2.33. The zero-order valence-electron chi connectivity index (χ0n) is 9.06. The molecule has 0 bridgehead atoms. The van der Waals surface area contributed by atoms with E-state index in [1.165, 1.54) is 32.4 Å². The van der Waals surface area contributed by atoms with Gasteiger partial charge >= 0.3 is 0 Å². The van der Waals surface area contributed by atoms with Crippen molar-refractivity contribution in [3.63, 3.8) is 0 Å². The van der Waals surface area contributed by atoms with Crippen molar-refractivity contribution in [2.24, 2.45) is 0 Å². The number of rotatable bonds is 2. The second kappa shape index (κ2) is 4.30. The summed E-state index contributed by atoms with van der Waals surface area (Å²) in [6, 6.07) is 3.22. The zero-order chi connectivity index (χ0) is 11.0. The largest absolute Gasteiger partial charge is 0.366 e. The van der Waals surface area contributed by atoms with E-state index in [0.29, 0.717) is 12.1 Å². The molecule has 0 spiro atoms. The quantitative estimate of drug-likeness (QED) is 0.842. The van der Waals surface area contributed by atoms with Crippen LogP contribution in [0.3, 0.4) is 0 Å². The van der Waals surface area contributed by atoms with Crippen molar-refractivity contribution >= 4 is 21.7 Å². The molecule has 5 heteroatoms. The summed E-state index contributed by atoms with van der Waals surface area (Å²) in [5, 5.41) is 3.53. The molecule has 0 radical (unpaired) electrons. The van der Waals surface area contributed by atoms with Crippen LogP contribution in [-0.4, -0.2) is 40.0 Å². The van der Waals surface area contributed by atoms with Gasteiger partial charge in [-0.3, -0.25) is 4.90 Å². The van der Waals surface area contributed by atoms with Gasteiger partial charge in [0.15, 0.2) is 0 Å². The molecule has 0 amide bonds. The van der Waals surface area contributed by atoms with Crippen LogP contribution < -0.4 is 5.32 Å². The number of nitrogens with zero attached hydrogens (tertiary/aromatic N) is 3.